The molecule has 1 aliphatic carbocycles. The van der Waals surface area contributed by atoms with E-state index >= 15 is 0 Å². The summed E-state index contributed by atoms with van der Waals surface area (Å²) in [5.74, 6) is -3.21. The van der Waals surface area contributed by atoms with Crippen LogP contribution in [0.2, 0.25) is 0 Å². The number of carbonyl (C=O) groups excluding carboxylic acids is 2. The number of phenolic OH excluding ortho intramolecular Hbond substituents is 4. The van der Waals surface area contributed by atoms with Crippen molar-refractivity contribution in [3.63, 3.8) is 0 Å². The molecule has 0 heterocycles. The van der Waals surface area contributed by atoms with E-state index in [-0.39, 0.29) is 33.8 Å². The molecule has 0 bridgehead atoms. The van der Waals surface area contributed by atoms with Crippen LogP contribution in [0, 0.1) is 0 Å². The van der Waals surface area contributed by atoms with E-state index in [0.29, 0.717) is 18.4 Å². The van der Waals surface area contributed by atoms with Crippen LogP contribution in [0.5, 0.6) is 23.0 Å². The van der Waals surface area contributed by atoms with Gasteiger partial charge < -0.3 is 20.4 Å². The van der Waals surface area contributed by atoms with E-state index in [1.165, 1.54) is 6.07 Å². The molecule has 0 saturated carbocycles. The van der Waals surface area contributed by atoms with Crippen molar-refractivity contribution in [2.75, 3.05) is 0 Å². The van der Waals surface area contributed by atoms with Crippen LogP contribution >= 0.6 is 0 Å². The number of fused-ring (bicyclic) bond motifs is 2. The van der Waals surface area contributed by atoms with Crippen LogP contribution in [0.15, 0.2) is 18.2 Å². The van der Waals surface area contributed by atoms with E-state index in [2.05, 4.69) is 0 Å². The number of hydrogen-bond acceptors (Lipinski definition) is 6. The number of benzene rings is 2. The van der Waals surface area contributed by atoms with Gasteiger partial charge in [-0.05, 0) is 24.1 Å². The Morgan fingerprint density at radius 1 is 0.826 bits per heavy atom. The molecule has 3 rings (SSSR count). The number of rotatable bonds is 2. The molecule has 1 aliphatic rings. The third-order valence-corrected chi connectivity index (χ3v) is 3.91. The van der Waals surface area contributed by atoms with Gasteiger partial charge in [-0.25, -0.2) is 0 Å². The largest absolute Gasteiger partial charge is 0.508 e. The first-order chi connectivity index (χ1) is 10.9. The topological polar surface area (TPSA) is 115 Å². The minimum absolute atomic E-state index is 0.205. The van der Waals surface area contributed by atoms with Crippen LogP contribution in [-0.4, -0.2) is 32.0 Å². The molecule has 23 heavy (non-hydrogen) atoms. The maximum absolute atomic E-state index is 12.6. The van der Waals surface area contributed by atoms with E-state index in [0.717, 1.165) is 12.1 Å². The summed E-state index contributed by atoms with van der Waals surface area (Å²) in [4.78, 5) is 25.2. The monoisotopic (exact) mass is 314 g/mol. The zero-order valence-electron chi connectivity index (χ0n) is 12.3. The van der Waals surface area contributed by atoms with Gasteiger partial charge in [0.1, 0.15) is 23.0 Å². The molecule has 0 amide bonds. The lowest BCUT2D eigenvalue weighted by Gasteiger charge is -2.21. The molecule has 0 spiro atoms. The summed E-state index contributed by atoms with van der Waals surface area (Å²) in [6.45, 7) is 1.87. The Balaban J connectivity index is 2.36. The Morgan fingerprint density at radius 3 is 2.13 bits per heavy atom. The molecule has 6 nitrogen and oxygen atoms in total. The van der Waals surface area contributed by atoms with Gasteiger partial charge in [-0.2, -0.15) is 0 Å². The molecule has 0 saturated heterocycles. The molecular weight excluding hydrogens is 300 g/mol. The van der Waals surface area contributed by atoms with Gasteiger partial charge in [-0.1, -0.05) is 13.3 Å². The Labute approximate surface area is 131 Å². The highest BCUT2D eigenvalue weighted by Crippen LogP contribution is 2.43. The van der Waals surface area contributed by atoms with Gasteiger partial charge in [-0.15, -0.1) is 0 Å². The summed E-state index contributed by atoms with van der Waals surface area (Å²) in [6.07, 6.45) is 1.10. The van der Waals surface area contributed by atoms with Crippen LogP contribution in [-0.2, 0) is 6.42 Å². The third-order valence-electron chi connectivity index (χ3n) is 3.91. The molecule has 118 valence electrons. The van der Waals surface area contributed by atoms with E-state index in [1.54, 1.807) is 0 Å². The zero-order valence-corrected chi connectivity index (χ0v) is 12.3. The fourth-order valence-corrected chi connectivity index (χ4v) is 2.91. The lowest BCUT2D eigenvalue weighted by atomic mass is 9.81. The van der Waals surface area contributed by atoms with Crippen molar-refractivity contribution in [3.8, 4) is 23.0 Å². The molecule has 0 aromatic heterocycles. The number of aryl methyl sites for hydroxylation is 1. The minimum Gasteiger partial charge on any atom is -0.508 e. The number of carbonyl (C=O) groups is 2. The fourth-order valence-electron chi connectivity index (χ4n) is 2.91. The van der Waals surface area contributed by atoms with Gasteiger partial charge >= 0.3 is 0 Å². The van der Waals surface area contributed by atoms with E-state index in [9.17, 15) is 30.0 Å². The summed E-state index contributed by atoms with van der Waals surface area (Å²) in [5.41, 5.74) is -0.767. The quantitative estimate of drug-likeness (QED) is 0.539. The van der Waals surface area contributed by atoms with Crippen molar-refractivity contribution in [2.24, 2.45) is 0 Å². The molecule has 0 fully saturated rings. The van der Waals surface area contributed by atoms with Crippen molar-refractivity contribution >= 4 is 11.6 Å². The van der Waals surface area contributed by atoms with Crippen molar-refractivity contribution in [2.45, 2.75) is 19.8 Å². The van der Waals surface area contributed by atoms with Gasteiger partial charge in [0.15, 0.2) is 5.78 Å². The van der Waals surface area contributed by atoms with Gasteiger partial charge in [0.25, 0.3) is 0 Å². The predicted molar refractivity (Wildman–Crippen MR) is 80.4 cm³/mol. The second-order valence-electron chi connectivity index (χ2n) is 5.45. The van der Waals surface area contributed by atoms with Gasteiger partial charge in [0.05, 0.1) is 16.7 Å². The molecule has 4 N–H and O–H groups in total. The van der Waals surface area contributed by atoms with E-state index < -0.39 is 23.1 Å². The fraction of sp³-hybridized carbons (Fsp3) is 0.176. The zero-order chi connectivity index (χ0) is 16.9. The molecule has 6 heteroatoms. The second kappa shape index (κ2) is 5.01. The number of ketones is 2. The number of phenols is 4. The normalized spacial score (nSPS) is 12.9. The summed E-state index contributed by atoms with van der Waals surface area (Å²) in [7, 11) is 0. The standard InChI is InChI=1S/C17H14O6/c1-2-3-7-4-10(19)13-14(15(7)21)16(22)9-5-8(18)6-11(20)12(9)17(13)23/h4-6,18-21H,2-3H2,1H3. The first-order valence-corrected chi connectivity index (χ1v) is 7.10. The summed E-state index contributed by atoms with van der Waals surface area (Å²) in [5, 5.41) is 39.9. The molecule has 0 radical (unpaired) electrons. The molecule has 2 aromatic carbocycles. The van der Waals surface area contributed by atoms with Crippen LogP contribution in [0.1, 0.15) is 50.8 Å². The van der Waals surface area contributed by atoms with Gasteiger partial charge in [-0.3, -0.25) is 9.59 Å². The number of aromatic hydroxyl groups is 4. The predicted octanol–water partition coefficient (Wildman–Crippen LogP) is 2.24. The summed E-state index contributed by atoms with van der Waals surface area (Å²) < 4.78 is 0. The average molecular weight is 314 g/mol. The highest BCUT2D eigenvalue weighted by molar-refractivity contribution is 6.31. The van der Waals surface area contributed by atoms with Crippen LogP contribution < -0.4 is 0 Å². The van der Waals surface area contributed by atoms with Crippen molar-refractivity contribution in [3.05, 3.63) is 46.0 Å². The number of hydrogen-bond donors (Lipinski definition) is 4. The van der Waals surface area contributed by atoms with Gasteiger partial charge in [0, 0.05) is 11.6 Å². The van der Waals surface area contributed by atoms with Crippen LogP contribution in [0.25, 0.3) is 0 Å². The van der Waals surface area contributed by atoms with Gasteiger partial charge in [0.2, 0.25) is 5.78 Å². The Bertz CT molecular complexity index is 866. The molecule has 0 aliphatic heterocycles. The SMILES string of the molecule is CCCc1cc(O)c2c(c1O)C(=O)c1cc(O)cc(O)c1C2=O. The smallest absolute Gasteiger partial charge is 0.202 e. The van der Waals surface area contributed by atoms with Crippen molar-refractivity contribution in [1.82, 2.24) is 0 Å². The third kappa shape index (κ3) is 2.03. The first-order valence-electron chi connectivity index (χ1n) is 7.10. The molecule has 2 aromatic rings. The molecule has 0 atom stereocenters. The second-order valence-corrected chi connectivity index (χ2v) is 5.45. The molecule has 0 unspecified atom stereocenters. The lowest BCUT2D eigenvalue weighted by Crippen LogP contribution is -2.22. The average Bonchev–Trinajstić information content (AvgIpc) is 2.47. The Morgan fingerprint density at radius 2 is 1.48 bits per heavy atom. The highest BCUT2D eigenvalue weighted by atomic mass is 16.3. The molecular formula is C17H14O6. The minimum atomic E-state index is -0.775. The van der Waals surface area contributed by atoms with E-state index in [4.69, 9.17) is 0 Å². The summed E-state index contributed by atoms with van der Waals surface area (Å²) >= 11 is 0. The lowest BCUT2D eigenvalue weighted by molar-refractivity contribution is 0.0971. The van der Waals surface area contributed by atoms with Crippen molar-refractivity contribution in [1.29, 1.82) is 0 Å². The van der Waals surface area contributed by atoms with Crippen LogP contribution in [0.3, 0.4) is 0 Å². The van der Waals surface area contributed by atoms with E-state index in [1.807, 2.05) is 6.92 Å². The van der Waals surface area contributed by atoms with Crippen molar-refractivity contribution < 1.29 is 30.0 Å². The summed E-state index contributed by atoms with van der Waals surface area (Å²) in [6, 6.07) is 3.25. The Hall–Kier alpha value is -3.02. The van der Waals surface area contributed by atoms with Crippen LogP contribution in [0.4, 0.5) is 0 Å². The Kier molecular flexibility index (Phi) is 3.25. The first kappa shape index (κ1) is 14.9. The maximum Gasteiger partial charge on any atom is 0.202 e. The maximum atomic E-state index is 12.6. The highest BCUT2D eigenvalue weighted by Gasteiger charge is 2.37.